The molecule has 0 aliphatic carbocycles. The van der Waals surface area contributed by atoms with Crippen LogP contribution in [0.2, 0.25) is 0 Å². The van der Waals surface area contributed by atoms with Crippen molar-refractivity contribution in [3.8, 4) is 11.1 Å². The van der Waals surface area contributed by atoms with Crippen molar-refractivity contribution in [3.05, 3.63) is 84.2 Å². The zero-order valence-corrected chi connectivity index (χ0v) is 16.1. The third-order valence-electron chi connectivity index (χ3n) is 4.85. The Morgan fingerprint density at radius 2 is 1.56 bits per heavy atom. The van der Waals surface area contributed by atoms with Crippen molar-refractivity contribution in [1.82, 2.24) is 9.55 Å². The average molecular weight is 376 g/mol. The predicted octanol–water partition coefficient (Wildman–Crippen LogP) is 4.52. The van der Waals surface area contributed by atoms with Gasteiger partial charge in [-0.1, -0.05) is 48.5 Å². The Balaban J connectivity index is 1.62. The van der Waals surface area contributed by atoms with Crippen molar-refractivity contribution in [2.45, 2.75) is 17.6 Å². The Hall–Kier alpha value is -2.92. The number of benzene rings is 3. The quantitative estimate of drug-likeness (QED) is 0.526. The molecule has 4 aromatic rings. The molecule has 0 aliphatic rings. The number of sulfone groups is 1. The van der Waals surface area contributed by atoms with E-state index in [1.807, 2.05) is 79.2 Å². The van der Waals surface area contributed by atoms with Gasteiger partial charge in [0, 0.05) is 7.05 Å². The van der Waals surface area contributed by atoms with Gasteiger partial charge < -0.3 is 4.57 Å². The van der Waals surface area contributed by atoms with Crippen LogP contribution in [0, 0.1) is 6.92 Å². The summed E-state index contributed by atoms with van der Waals surface area (Å²) in [5.74, 6) is 0.866. The van der Waals surface area contributed by atoms with E-state index < -0.39 is 9.84 Å². The molecule has 4 nitrogen and oxygen atoms in total. The Morgan fingerprint density at radius 1 is 0.889 bits per heavy atom. The van der Waals surface area contributed by atoms with E-state index >= 15 is 0 Å². The summed E-state index contributed by atoms with van der Waals surface area (Å²) in [4.78, 5) is 4.82. The van der Waals surface area contributed by atoms with Crippen LogP contribution in [-0.2, 0) is 22.6 Å². The molecule has 1 aromatic heterocycles. The Labute approximate surface area is 159 Å². The summed E-state index contributed by atoms with van der Waals surface area (Å²) in [6.07, 6.45) is 0. The van der Waals surface area contributed by atoms with Gasteiger partial charge >= 0.3 is 0 Å². The van der Waals surface area contributed by atoms with Gasteiger partial charge in [-0.15, -0.1) is 0 Å². The normalized spacial score (nSPS) is 11.8. The minimum Gasteiger partial charge on any atom is -0.331 e. The van der Waals surface area contributed by atoms with E-state index in [9.17, 15) is 8.42 Å². The van der Waals surface area contributed by atoms with Crippen LogP contribution in [0.15, 0.2) is 77.7 Å². The predicted molar refractivity (Wildman–Crippen MR) is 108 cm³/mol. The maximum absolute atomic E-state index is 12.8. The largest absolute Gasteiger partial charge is 0.331 e. The zero-order chi connectivity index (χ0) is 19.0. The van der Waals surface area contributed by atoms with Crippen molar-refractivity contribution in [1.29, 1.82) is 0 Å². The molecular weight excluding hydrogens is 356 g/mol. The van der Waals surface area contributed by atoms with Gasteiger partial charge in [-0.3, -0.25) is 0 Å². The lowest BCUT2D eigenvalue weighted by atomic mass is 10.1. The first-order valence-corrected chi connectivity index (χ1v) is 10.4. The molecule has 0 aliphatic heterocycles. The van der Waals surface area contributed by atoms with Crippen molar-refractivity contribution in [2.24, 2.45) is 7.05 Å². The molecule has 27 heavy (non-hydrogen) atoms. The molecule has 0 amide bonds. The van der Waals surface area contributed by atoms with Crippen LogP contribution in [0.4, 0.5) is 0 Å². The lowest BCUT2D eigenvalue weighted by molar-refractivity contribution is 0.595. The molecule has 3 aromatic carbocycles. The van der Waals surface area contributed by atoms with E-state index in [2.05, 4.69) is 4.98 Å². The van der Waals surface area contributed by atoms with E-state index in [4.69, 9.17) is 0 Å². The molecular formula is C22H20N2O2S. The fourth-order valence-corrected chi connectivity index (χ4v) is 4.58. The lowest BCUT2D eigenvalue weighted by Gasteiger charge is -2.07. The van der Waals surface area contributed by atoms with Crippen LogP contribution in [-0.4, -0.2) is 18.0 Å². The van der Waals surface area contributed by atoms with Gasteiger partial charge in [0.25, 0.3) is 0 Å². The fraction of sp³-hybridized carbons (Fsp3) is 0.136. The summed E-state index contributed by atoms with van der Waals surface area (Å²) >= 11 is 0. The molecule has 0 fully saturated rings. The molecule has 0 radical (unpaired) electrons. The summed E-state index contributed by atoms with van der Waals surface area (Å²) in [7, 11) is -1.47. The van der Waals surface area contributed by atoms with Gasteiger partial charge in [0.2, 0.25) is 0 Å². The number of aryl methyl sites for hydroxylation is 2. The molecule has 1 heterocycles. The molecule has 0 saturated carbocycles. The second-order valence-corrected chi connectivity index (χ2v) is 8.68. The second-order valence-electron chi connectivity index (χ2n) is 6.69. The number of fused-ring (bicyclic) bond motifs is 1. The molecule has 136 valence electrons. The zero-order valence-electron chi connectivity index (χ0n) is 15.3. The van der Waals surface area contributed by atoms with Gasteiger partial charge in [-0.2, -0.15) is 0 Å². The van der Waals surface area contributed by atoms with Crippen LogP contribution < -0.4 is 0 Å². The van der Waals surface area contributed by atoms with Gasteiger partial charge in [-0.25, -0.2) is 13.4 Å². The maximum Gasteiger partial charge on any atom is 0.182 e. The SMILES string of the molecule is Cc1nc2cc(CS(=O)(=O)c3ccc(-c4ccccc4)cc3)ccc2n1C. The average Bonchev–Trinajstić information content (AvgIpc) is 2.96. The van der Waals surface area contributed by atoms with E-state index in [1.54, 1.807) is 12.1 Å². The van der Waals surface area contributed by atoms with E-state index in [1.165, 1.54) is 0 Å². The molecule has 5 heteroatoms. The van der Waals surface area contributed by atoms with E-state index in [-0.39, 0.29) is 5.75 Å². The Bertz CT molecular complexity index is 1210. The maximum atomic E-state index is 12.8. The third-order valence-corrected chi connectivity index (χ3v) is 6.55. The molecule has 0 bridgehead atoms. The molecule has 4 rings (SSSR count). The lowest BCUT2D eigenvalue weighted by Crippen LogP contribution is -2.05. The van der Waals surface area contributed by atoms with Gasteiger partial charge in [0.1, 0.15) is 5.82 Å². The van der Waals surface area contributed by atoms with E-state index in [0.29, 0.717) is 4.90 Å². The summed E-state index contributed by atoms with van der Waals surface area (Å²) in [6.45, 7) is 1.94. The second kappa shape index (κ2) is 6.67. The smallest absolute Gasteiger partial charge is 0.182 e. The highest BCUT2D eigenvalue weighted by molar-refractivity contribution is 7.90. The minimum absolute atomic E-state index is 0.0384. The van der Waals surface area contributed by atoms with Crippen LogP contribution in [0.3, 0.4) is 0 Å². The number of nitrogens with zero attached hydrogens (tertiary/aromatic N) is 2. The summed E-state index contributed by atoms with van der Waals surface area (Å²) < 4.78 is 27.7. The first-order chi connectivity index (χ1) is 12.9. The van der Waals surface area contributed by atoms with Crippen molar-refractivity contribution in [2.75, 3.05) is 0 Å². The number of hydrogen-bond donors (Lipinski definition) is 0. The molecule has 0 unspecified atom stereocenters. The van der Waals surface area contributed by atoms with Gasteiger partial charge in [-0.05, 0) is 47.9 Å². The Morgan fingerprint density at radius 3 is 2.26 bits per heavy atom. The molecule has 0 atom stereocenters. The third kappa shape index (κ3) is 3.38. The van der Waals surface area contributed by atoms with Crippen molar-refractivity contribution < 1.29 is 8.42 Å². The first kappa shape index (κ1) is 17.5. The summed E-state index contributed by atoms with van der Waals surface area (Å²) in [5, 5.41) is 0. The number of aromatic nitrogens is 2. The fourth-order valence-electron chi connectivity index (χ4n) is 3.24. The number of imidazole rings is 1. The molecule has 0 N–H and O–H groups in total. The molecule has 0 saturated heterocycles. The van der Waals surface area contributed by atoms with Crippen LogP contribution in [0.1, 0.15) is 11.4 Å². The van der Waals surface area contributed by atoms with Crippen LogP contribution in [0.25, 0.3) is 22.2 Å². The van der Waals surface area contributed by atoms with Gasteiger partial charge in [0.15, 0.2) is 9.84 Å². The van der Waals surface area contributed by atoms with E-state index in [0.717, 1.165) is 33.5 Å². The topological polar surface area (TPSA) is 52.0 Å². The standard InChI is InChI=1S/C22H20N2O2S/c1-16-23-21-14-17(8-13-22(21)24(16)2)15-27(25,26)20-11-9-19(10-12-20)18-6-4-3-5-7-18/h3-14H,15H2,1-2H3. The monoisotopic (exact) mass is 376 g/mol. The Kier molecular flexibility index (Phi) is 4.32. The van der Waals surface area contributed by atoms with Crippen LogP contribution >= 0.6 is 0 Å². The van der Waals surface area contributed by atoms with Crippen LogP contribution in [0.5, 0.6) is 0 Å². The highest BCUT2D eigenvalue weighted by Gasteiger charge is 2.16. The summed E-state index contributed by atoms with van der Waals surface area (Å²) in [6, 6.07) is 22.6. The van der Waals surface area contributed by atoms with Crippen molar-refractivity contribution in [3.63, 3.8) is 0 Å². The first-order valence-electron chi connectivity index (χ1n) is 8.74. The highest BCUT2D eigenvalue weighted by Crippen LogP contribution is 2.24. The minimum atomic E-state index is -3.42. The van der Waals surface area contributed by atoms with Gasteiger partial charge in [0.05, 0.1) is 21.7 Å². The number of rotatable bonds is 4. The van der Waals surface area contributed by atoms with Crippen molar-refractivity contribution >= 4 is 20.9 Å². The molecule has 0 spiro atoms. The number of hydrogen-bond acceptors (Lipinski definition) is 3. The summed E-state index contributed by atoms with van der Waals surface area (Å²) in [5.41, 5.74) is 4.63. The highest BCUT2D eigenvalue weighted by atomic mass is 32.2.